The molecule has 1 aliphatic rings. The van der Waals surface area contributed by atoms with Crippen LogP contribution in [0.15, 0.2) is 29.3 Å². The molecule has 0 aliphatic carbocycles. The van der Waals surface area contributed by atoms with Crippen molar-refractivity contribution in [3.63, 3.8) is 0 Å². The number of nitrogens with zero attached hydrogens (tertiary/aromatic N) is 5. The van der Waals surface area contributed by atoms with Crippen molar-refractivity contribution in [2.45, 2.75) is 32.5 Å². The Labute approximate surface area is 172 Å². The highest BCUT2D eigenvalue weighted by molar-refractivity contribution is 6.30. The van der Waals surface area contributed by atoms with Gasteiger partial charge in [-0.15, -0.1) is 0 Å². The van der Waals surface area contributed by atoms with Crippen LogP contribution in [-0.4, -0.2) is 43.8 Å². The van der Waals surface area contributed by atoms with Crippen LogP contribution in [0.4, 0.5) is 5.82 Å². The summed E-state index contributed by atoms with van der Waals surface area (Å²) in [6, 6.07) is 5.42. The van der Waals surface area contributed by atoms with Crippen molar-refractivity contribution in [3.8, 4) is 5.75 Å². The molecule has 0 unspecified atom stereocenters. The molecule has 29 heavy (non-hydrogen) atoms. The van der Waals surface area contributed by atoms with Crippen molar-refractivity contribution in [1.82, 2.24) is 19.5 Å². The second kappa shape index (κ2) is 7.96. The maximum Gasteiger partial charge on any atom is 0.261 e. The van der Waals surface area contributed by atoms with Gasteiger partial charge >= 0.3 is 0 Å². The van der Waals surface area contributed by atoms with E-state index in [1.807, 2.05) is 19.1 Å². The highest BCUT2D eigenvalue weighted by Gasteiger charge is 2.24. The van der Waals surface area contributed by atoms with E-state index in [0.717, 1.165) is 37.3 Å². The van der Waals surface area contributed by atoms with E-state index in [-0.39, 0.29) is 18.3 Å². The predicted octanol–water partition coefficient (Wildman–Crippen LogP) is 2.23. The second-order valence-corrected chi connectivity index (χ2v) is 7.54. The number of piperidine rings is 1. The van der Waals surface area contributed by atoms with Crippen LogP contribution >= 0.6 is 11.6 Å². The molecule has 9 heteroatoms. The lowest BCUT2D eigenvalue weighted by Crippen LogP contribution is -2.39. The third-order valence-corrected chi connectivity index (χ3v) is 5.55. The molecule has 0 amide bonds. The number of aryl methyl sites for hydroxylation is 1. The topological polar surface area (TPSA) is 93.4 Å². The summed E-state index contributed by atoms with van der Waals surface area (Å²) in [5, 5.41) is 10.3. The highest BCUT2D eigenvalue weighted by atomic mass is 35.5. The number of aliphatic hydroxyl groups excluding tert-OH is 1. The van der Waals surface area contributed by atoms with Crippen LogP contribution in [0.3, 0.4) is 0 Å². The molecule has 3 aromatic rings. The first kappa shape index (κ1) is 19.6. The van der Waals surface area contributed by atoms with E-state index in [2.05, 4.69) is 19.9 Å². The van der Waals surface area contributed by atoms with E-state index >= 15 is 0 Å². The van der Waals surface area contributed by atoms with Gasteiger partial charge in [0.05, 0.1) is 17.2 Å². The lowest BCUT2D eigenvalue weighted by molar-refractivity contribution is 0.171. The molecular weight excluding hydrogens is 394 g/mol. The van der Waals surface area contributed by atoms with E-state index in [1.165, 1.54) is 10.9 Å². The smallest absolute Gasteiger partial charge is 0.261 e. The summed E-state index contributed by atoms with van der Waals surface area (Å²) in [5.41, 5.74) is 1.37. The summed E-state index contributed by atoms with van der Waals surface area (Å²) in [4.78, 5) is 27.2. The van der Waals surface area contributed by atoms with Crippen molar-refractivity contribution in [2.24, 2.45) is 7.05 Å². The Kier molecular flexibility index (Phi) is 5.38. The summed E-state index contributed by atoms with van der Waals surface area (Å²) in [6.07, 6.45) is 3.17. The monoisotopic (exact) mass is 415 g/mol. The molecule has 2 aromatic heterocycles. The Bertz CT molecular complexity index is 1110. The standard InChI is InChI=1S/C20H22ClN5O3/c1-12-18(21)23-17(10-27)24-19(12)26-7-5-13(6-8-26)29-14-3-4-16-15(9-14)20(28)25(2)11-22-16/h3-4,9,11,13,27H,5-8,10H2,1-2H3. The Morgan fingerprint density at radius 2 is 2.03 bits per heavy atom. The van der Waals surface area contributed by atoms with Crippen LogP contribution in [0.25, 0.3) is 10.9 Å². The molecular formula is C20H22ClN5O3. The van der Waals surface area contributed by atoms with Gasteiger partial charge in [-0.2, -0.15) is 0 Å². The third-order valence-electron chi connectivity index (χ3n) is 5.18. The fourth-order valence-corrected chi connectivity index (χ4v) is 3.72. The SMILES string of the molecule is Cc1c(Cl)nc(CO)nc1N1CCC(Oc2ccc3ncn(C)c(=O)c3c2)CC1. The highest BCUT2D eigenvalue weighted by Crippen LogP contribution is 2.28. The zero-order chi connectivity index (χ0) is 20.5. The van der Waals surface area contributed by atoms with Gasteiger partial charge in [-0.1, -0.05) is 11.6 Å². The summed E-state index contributed by atoms with van der Waals surface area (Å²) in [5.74, 6) is 1.75. The molecule has 8 nitrogen and oxygen atoms in total. The Morgan fingerprint density at radius 1 is 1.28 bits per heavy atom. The number of anilines is 1. The molecule has 0 atom stereocenters. The number of aliphatic hydroxyl groups is 1. The van der Waals surface area contributed by atoms with E-state index in [9.17, 15) is 9.90 Å². The van der Waals surface area contributed by atoms with Gasteiger partial charge in [0.15, 0.2) is 5.82 Å². The van der Waals surface area contributed by atoms with E-state index in [1.54, 1.807) is 13.1 Å². The molecule has 0 radical (unpaired) electrons. The van der Waals surface area contributed by atoms with Gasteiger partial charge in [0.2, 0.25) is 0 Å². The summed E-state index contributed by atoms with van der Waals surface area (Å²) in [7, 11) is 1.68. The zero-order valence-electron chi connectivity index (χ0n) is 16.3. The first-order valence-electron chi connectivity index (χ1n) is 9.47. The molecule has 1 fully saturated rings. The van der Waals surface area contributed by atoms with Crippen molar-refractivity contribution >= 4 is 28.3 Å². The number of fused-ring (bicyclic) bond motifs is 1. The summed E-state index contributed by atoms with van der Waals surface area (Å²) >= 11 is 6.18. The van der Waals surface area contributed by atoms with Crippen LogP contribution in [0.5, 0.6) is 5.75 Å². The molecule has 0 bridgehead atoms. The van der Waals surface area contributed by atoms with E-state index < -0.39 is 0 Å². The Balaban J connectivity index is 1.47. The normalized spacial score (nSPS) is 15.1. The minimum absolute atomic E-state index is 0.0409. The van der Waals surface area contributed by atoms with Crippen LogP contribution in [-0.2, 0) is 13.7 Å². The van der Waals surface area contributed by atoms with Crippen LogP contribution in [0.1, 0.15) is 24.2 Å². The minimum atomic E-state index is -0.247. The first-order chi connectivity index (χ1) is 14.0. The molecule has 1 saturated heterocycles. The molecule has 1 N–H and O–H groups in total. The number of hydrogen-bond acceptors (Lipinski definition) is 7. The van der Waals surface area contributed by atoms with Crippen molar-refractivity contribution < 1.29 is 9.84 Å². The van der Waals surface area contributed by atoms with Gasteiger partial charge in [-0.25, -0.2) is 15.0 Å². The van der Waals surface area contributed by atoms with Crippen LogP contribution in [0, 0.1) is 6.92 Å². The number of aromatic nitrogens is 4. The Hall–Kier alpha value is -2.71. The number of rotatable bonds is 4. The fourth-order valence-electron chi connectivity index (χ4n) is 3.54. The molecule has 4 rings (SSSR count). The van der Waals surface area contributed by atoms with Crippen LogP contribution < -0.4 is 15.2 Å². The minimum Gasteiger partial charge on any atom is -0.490 e. The molecule has 152 valence electrons. The van der Waals surface area contributed by atoms with E-state index in [0.29, 0.717) is 27.6 Å². The number of benzene rings is 1. The zero-order valence-corrected chi connectivity index (χ0v) is 17.1. The van der Waals surface area contributed by atoms with Crippen molar-refractivity contribution in [3.05, 3.63) is 51.4 Å². The van der Waals surface area contributed by atoms with Gasteiger partial charge < -0.3 is 19.3 Å². The number of halogens is 1. The van der Waals surface area contributed by atoms with Crippen LogP contribution in [0.2, 0.25) is 5.15 Å². The molecule has 3 heterocycles. The largest absolute Gasteiger partial charge is 0.490 e. The first-order valence-corrected chi connectivity index (χ1v) is 9.85. The van der Waals surface area contributed by atoms with Gasteiger partial charge in [-0.3, -0.25) is 4.79 Å². The lowest BCUT2D eigenvalue weighted by Gasteiger charge is -2.34. The van der Waals surface area contributed by atoms with Gasteiger partial charge in [0.1, 0.15) is 29.4 Å². The average Bonchev–Trinajstić information content (AvgIpc) is 2.73. The second-order valence-electron chi connectivity index (χ2n) is 7.18. The summed E-state index contributed by atoms with van der Waals surface area (Å²) < 4.78 is 7.60. The fraction of sp³-hybridized carbons (Fsp3) is 0.400. The Morgan fingerprint density at radius 3 is 2.76 bits per heavy atom. The number of ether oxygens (including phenoxy) is 1. The molecule has 1 aromatic carbocycles. The maximum absolute atomic E-state index is 12.3. The molecule has 1 aliphatic heterocycles. The van der Waals surface area contributed by atoms with Gasteiger partial charge in [0.25, 0.3) is 5.56 Å². The molecule has 0 spiro atoms. The van der Waals surface area contributed by atoms with Gasteiger partial charge in [-0.05, 0) is 25.1 Å². The average molecular weight is 416 g/mol. The maximum atomic E-state index is 12.3. The van der Waals surface area contributed by atoms with Crippen molar-refractivity contribution in [1.29, 1.82) is 0 Å². The van der Waals surface area contributed by atoms with Gasteiger partial charge in [0, 0.05) is 38.5 Å². The number of hydrogen-bond donors (Lipinski definition) is 1. The quantitative estimate of drug-likeness (QED) is 0.653. The predicted molar refractivity (Wildman–Crippen MR) is 111 cm³/mol. The molecule has 0 saturated carbocycles. The van der Waals surface area contributed by atoms with Crippen molar-refractivity contribution in [2.75, 3.05) is 18.0 Å². The third kappa shape index (κ3) is 3.90. The lowest BCUT2D eigenvalue weighted by atomic mass is 10.1. The summed E-state index contributed by atoms with van der Waals surface area (Å²) in [6.45, 7) is 3.13. The van der Waals surface area contributed by atoms with E-state index in [4.69, 9.17) is 16.3 Å².